The Morgan fingerprint density at radius 3 is 2.18 bits per heavy atom. The van der Waals surface area contributed by atoms with Crippen molar-refractivity contribution in [2.45, 2.75) is 82.8 Å². The Bertz CT molecular complexity index is 1490. The first-order chi connectivity index (χ1) is 23.0. The predicted molar refractivity (Wildman–Crippen MR) is 175 cm³/mol. The van der Waals surface area contributed by atoms with E-state index in [-0.39, 0.29) is 37.3 Å². The minimum absolute atomic E-state index is 0.0401. The Morgan fingerprint density at radius 1 is 1.06 bits per heavy atom. The summed E-state index contributed by atoms with van der Waals surface area (Å²) >= 11 is 6.05. The predicted octanol–water partition coefficient (Wildman–Crippen LogP) is 4.73. The van der Waals surface area contributed by atoms with Gasteiger partial charge in [-0.2, -0.15) is 13.2 Å². The number of aliphatic carboxylic acids is 1. The highest BCUT2D eigenvalue weighted by Gasteiger charge is 2.48. The van der Waals surface area contributed by atoms with E-state index < -0.39 is 35.2 Å². The second-order valence-electron chi connectivity index (χ2n) is 12.4. The van der Waals surface area contributed by atoms with Gasteiger partial charge in [0.05, 0.1) is 24.3 Å². The van der Waals surface area contributed by atoms with Gasteiger partial charge in [0.15, 0.2) is 5.76 Å². The maximum absolute atomic E-state index is 14.0. The highest BCUT2D eigenvalue weighted by molar-refractivity contribution is 6.30. The Balaban J connectivity index is 0.000000838. The highest BCUT2D eigenvalue weighted by atomic mass is 35.5. The van der Waals surface area contributed by atoms with E-state index in [9.17, 15) is 27.6 Å². The first-order valence-electron chi connectivity index (χ1n) is 15.8. The second kappa shape index (κ2) is 17.0. The molecular formula is C34H42ClF3N4O7. The number of carbonyl (C=O) groups excluding carboxylic acids is 3. The van der Waals surface area contributed by atoms with Crippen molar-refractivity contribution in [3.05, 3.63) is 76.5 Å². The van der Waals surface area contributed by atoms with Crippen LogP contribution < -0.4 is 21.1 Å². The zero-order valence-corrected chi connectivity index (χ0v) is 28.3. The first kappa shape index (κ1) is 39.3. The van der Waals surface area contributed by atoms with Crippen LogP contribution >= 0.6 is 11.6 Å². The van der Waals surface area contributed by atoms with Gasteiger partial charge in [0.25, 0.3) is 5.91 Å². The molecule has 3 amide bonds. The lowest BCUT2D eigenvalue weighted by molar-refractivity contribution is -0.192. The molecule has 0 bridgehead atoms. The standard InChI is InChI=1S/C32H41ClN4O5.C2HF3O2/c1-4-37(29(39)26(35-30(40)31(2,3)34)21-41-20-22-11-7-5-8-12-22)19-25-27(42-24-15-13-23(33)14-16-24)28(38)36-32(25)17-9-6-10-18-32;3-2(4,5)1(6)7/h5,7-8,11-16,26H,4,6,9-10,17-21,34H2,1-3H3,(H,35,40)(H,36,38);(H,6,7)/t26-;/m1./s1. The van der Waals surface area contributed by atoms with Gasteiger partial charge >= 0.3 is 12.1 Å². The van der Waals surface area contributed by atoms with Gasteiger partial charge in [0, 0.05) is 23.7 Å². The van der Waals surface area contributed by atoms with Crippen molar-refractivity contribution in [3.63, 3.8) is 0 Å². The average molecular weight is 711 g/mol. The maximum atomic E-state index is 14.0. The number of carboxylic acid groups (broad SMARTS) is 1. The first-order valence-corrected chi connectivity index (χ1v) is 16.1. The smallest absolute Gasteiger partial charge is 0.475 e. The third kappa shape index (κ3) is 11.2. The molecule has 15 heteroatoms. The number of benzene rings is 2. The lowest BCUT2D eigenvalue weighted by atomic mass is 9.77. The summed E-state index contributed by atoms with van der Waals surface area (Å²) in [7, 11) is 0. The summed E-state index contributed by atoms with van der Waals surface area (Å²) in [6.07, 6.45) is -0.578. The Labute approximate surface area is 287 Å². The molecule has 49 heavy (non-hydrogen) atoms. The number of halogens is 4. The number of amides is 3. The number of nitrogens with one attached hydrogen (secondary N) is 2. The third-order valence-corrected chi connectivity index (χ3v) is 8.27. The topological polar surface area (TPSA) is 160 Å². The molecule has 268 valence electrons. The monoisotopic (exact) mass is 710 g/mol. The zero-order chi connectivity index (χ0) is 36.4. The minimum Gasteiger partial charge on any atom is -0.475 e. The largest absolute Gasteiger partial charge is 0.490 e. The van der Waals surface area contributed by atoms with Crippen LogP contribution in [0.4, 0.5) is 13.2 Å². The van der Waals surface area contributed by atoms with Crippen molar-refractivity contribution in [1.82, 2.24) is 15.5 Å². The molecule has 0 saturated heterocycles. The van der Waals surface area contributed by atoms with Crippen molar-refractivity contribution in [1.29, 1.82) is 0 Å². The van der Waals surface area contributed by atoms with Crippen molar-refractivity contribution >= 4 is 35.3 Å². The van der Waals surface area contributed by atoms with Crippen molar-refractivity contribution in [3.8, 4) is 5.75 Å². The lowest BCUT2D eigenvalue weighted by Crippen LogP contribution is -2.58. The van der Waals surface area contributed by atoms with Gasteiger partial charge in [0.1, 0.15) is 11.8 Å². The van der Waals surface area contributed by atoms with Crippen LogP contribution in [-0.2, 0) is 30.5 Å². The summed E-state index contributed by atoms with van der Waals surface area (Å²) in [4.78, 5) is 50.8. The summed E-state index contributed by atoms with van der Waals surface area (Å²) in [5.41, 5.74) is 5.95. The van der Waals surface area contributed by atoms with Gasteiger partial charge in [-0.15, -0.1) is 0 Å². The van der Waals surface area contributed by atoms with Crippen LogP contribution in [0, 0.1) is 0 Å². The highest BCUT2D eigenvalue weighted by Crippen LogP contribution is 2.40. The molecule has 2 aromatic rings. The van der Waals surface area contributed by atoms with Crippen molar-refractivity contribution < 1.29 is 46.9 Å². The second-order valence-corrected chi connectivity index (χ2v) is 12.8. The van der Waals surface area contributed by atoms with Crippen LogP contribution in [0.15, 0.2) is 65.9 Å². The summed E-state index contributed by atoms with van der Waals surface area (Å²) in [5, 5.41) is 13.7. The molecule has 4 rings (SSSR count). The van der Waals surface area contributed by atoms with Gasteiger partial charge in [-0.3, -0.25) is 14.4 Å². The number of rotatable bonds is 12. The summed E-state index contributed by atoms with van der Waals surface area (Å²) in [6, 6.07) is 15.4. The number of carbonyl (C=O) groups is 4. The molecule has 0 unspecified atom stereocenters. The summed E-state index contributed by atoms with van der Waals surface area (Å²) in [6.45, 7) is 5.78. The number of hydrogen-bond acceptors (Lipinski definition) is 7. The number of nitrogens with two attached hydrogens (primary N) is 1. The minimum atomic E-state index is -5.08. The van der Waals surface area contributed by atoms with E-state index >= 15 is 0 Å². The molecule has 1 aliphatic carbocycles. The fraction of sp³-hybridized carbons (Fsp3) is 0.471. The normalized spacial score (nSPS) is 16.3. The van der Waals surface area contributed by atoms with E-state index in [2.05, 4.69) is 10.6 Å². The molecule has 1 fully saturated rings. The van der Waals surface area contributed by atoms with E-state index in [1.165, 1.54) is 0 Å². The Kier molecular flexibility index (Phi) is 13.6. The van der Waals surface area contributed by atoms with Gasteiger partial charge in [-0.1, -0.05) is 61.2 Å². The van der Waals surface area contributed by atoms with Crippen LogP contribution in [0.3, 0.4) is 0 Å². The fourth-order valence-electron chi connectivity index (χ4n) is 5.38. The Hall–Kier alpha value is -4.14. The molecule has 1 atom stereocenters. The average Bonchev–Trinajstić information content (AvgIpc) is 3.28. The van der Waals surface area contributed by atoms with Gasteiger partial charge in [0.2, 0.25) is 11.8 Å². The molecule has 5 N–H and O–H groups in total. The van der Waals surface area contributed by atoms with E-state index in [1.54, 1.807) is 43.0 Å². The molecule has 0 radical (unpaired) electrons. The fourth-order valence-corrected chi connectivity index (χ4v) is 5.51. The SMILES string of the molecule is CCN(CC1=C(Oc2ccc(Cl)cc2)C(=O)NC12CCCCC2)C(=O)[C@@H](COCc1ccccc1)NC(=O)C(C)(C)N.O=C(O)C(F)(F)F. The van der Waals surface area contributed by atoms with Crippen LogP contribution in [-0.4, -0.2) is 76.7 Å². The lowest BCUT2D eigenvalue weighted by Gasteiger charge is -2.38. The molecule has 2 aliphatic rings. The van der Waals surface area contributed by atoms with Crippen molar-refractivity contribution in [2.24, 2.45) is 5.73 Å². The quantitative estimate of drug-likeness (QED) is 0.246. The van der Waals surface area contributed by atoms with Crippen LogP contribution in [0.5, 0.6) is 5.75 Å². The zero-order valence-electron chi connectivity index (χ0n) is 27.6. The molecule has 2 aromatic carbocycles. The number of nitrogens with zero attached hydrogens (tertiary/aromatic N) is 1. The maximum Gasteiger partial charge on any atom is 0.490 e. The molecule has 1 spiro atoms. The molecular weight excluding hydrogens is 669 g/mol. The number of ether oxygens (including phenoxy) is 2. The van der Waals surface area contributed by atoms with Crippen LogP contribution in [0.1, 0.15) is 58.4 Å². The van der Waals surface area contributed by atoms with Gasteiger partial charge in [-0.05, 0) is 63.4 Å². The number of hydrogen-bond donors (Lipinski definition) is 4. The number of carboxylic acids is 1. The van der Waals surface area contributed by atoms with E-state index in [0.29, 0.717) is 17.3 Å². The van der Waals surface area contributed by atoms with Crippen molar-refractivity contribution in [2.75, 3.05) is 19.7 Å². The molecule has 11 nitrogen and oxygen atoms in total. The summed E-state index contributed by atoms with van der Waals surface area (Å²) in [5.74, 6) is -3.17. The van der Waals surface area contributed by atoms with Gasteiger partial charge in [-0.25, -0.2) is 4.79 Å². The number of alkyl halides is 3. The van der Waals surface area contributed by atoms with Crippen LogP contribution in [0.2, 0.25) is 5.02 Å². The summed E-state index contributed by atoms with van der Waals surface area (Å²) < 4.78 is 43.8. The van der Waals surface area contributed by atoms with E-state index in [1.807, 2.05) is 37.3 Å². The molecule has 0 aromatic heterocycles. The third-order valence-electron chi connectivity index (χ3n) is 8.02. The molecule has 1 saturated carbocycles. The molecule has 1 heterocycles. The van der Waals surface area contributed by atoms with Crippen LogP contribution in [0.25, 0.3) is 0 Å². The van der Waals surface area contributed by atoms with E-state index in [4.69, 9.17) is 36.7 Å². The molecule has 1 aliphatic heterocycles. The van der Waals surface area contributed by atoms with Gasteiger partial charge < -0.3 is 35.8 Å². The Morgan fingerprint density at radius 2 is 1.65 bits per heavy atom. The van der Waals surface area contributed by atoms with E-state index in [0.717, 1.165) is 43.2 Å². The number of likely N-dealkylation sites (N-methyl/N-ethyl adjacent to an activating group) is 1.